The van der Waals surface area contributed by atoms with Gasteiger partial charge < -0.3 is 9.47 Å². The highest BCUT2D eigenvalue weighted by molar-refractivity contribution is 7.17. The van der Waals surface area contributed by atoms with Gasteiger partial charge in [0.2, 0.25) is 5.13 Å². The molecule has 0 saturated carbocycles. The normalized spacial score (nSPS) is 11.0. The Balaban J connectivity index is 2.07. The van der Waals surface area contributed by atoms with Crippen molar-refractivity contribution in [2.45, 2.75) is 33.8 Å². The molecule has 0 spiro atoms. The lowest BCUT2D eigenvalue weighted by molar-refractivity contribution is 0.0531. The van der Waals surface area contributed by atoms with E-state index < -0.39 is 0 Å². The van der Waals surface area contributed by atoms with E-state index in [0.29, 0.717) is 22.3 Å². The van der Waals surface area contributed by atoms with Crippen molar-refractivity contribution in [1.29, 1.82) is 0 Å². The Morgan fingerprint density at radius 2 is 2.17 bits per heavy atom. The molecule has 0 fully saturated rings. The van der Waals surface area contributed by atoms with Gasteiger partial charge in [0.25, 0.3) is 0 Å². The van der Waals surface area contributed by atoms with Crippen LogP contribution in [-0.4, -0.2) is 29.9 Å². The molecule has 0 amide bonds. The second-order valence-corrected chi connectivity index (χ2v) is 6.23. The van der Waals surface area contributed by atoms with Gasteiger partial charge in [-0.1, -0.05) is 23.5 Å². The van der Waals surface area contributed by atoms with Crippen LogP contribution in [0.1, 0.15) is 41.7 Å². The van der Waals surface area contributed by atoms with Crippen LogP contribution in [0.3, 0.4) is 0 Å². The van der Waals surface area contributed by atoms with Crippen molar-refractivity contribution in [2.24, 2.45) is 5.10 Å². The monoisotopic (exact) mass is 347 g/mol. The molecule has 1 N–H and O–H groups in total. The zero-order chi connectivity index (χ0) is 17.5. The van der Waals surface area contributed by atoms with Crippen LogP contribution >= 0.6 is 11.3 Å². The van der Waals surface area contributed by atoms with Gasteiger partial charge >= 0.3 is 5.97 Å². The Hall–Kier alpha value is -2.41. The summed E-state index contributed by atoms with van der Waals surface area (Å²) in [6, 6.07) is 7.65. The van der Waals surface area contributed by atoms with Crippen molar-refractivity contribution in [3.8, 4) is 5.75 Å². The minimum absolute atomic E-state index is 0.0845. The Bertz CT molecular complexity index is 726. The molecule has 0 aliphatic rings. The first-order valence-electron chi connectivity index (χ1n) is 7.70. The van der Waals surface area contributed by atoms with Crippen LogP contribution in [0.5, 0.6) is 5.75 Å². The van der Waals surface area contributed by atoms with Gasteiger partial charge in [-0.15, -0.1) is 0 Å². The highest BCUT2D eigenvalue weighted by atomic mass is 32.1. The Labute approximate surface area is 145 Å². The molecule has 128 valence electrons. The maximum absolute atomic E-state index is 11.8. The van der Waals surface area contributed by atoms with Crippen LogP contribution in [0, 0.1) is 6.92 Å². The minimum Gasteiger partial charge on any atom is -0.490 e. The van der Waals surface area contributed by atoms with Crippen LogP contribution < -0.4 is 10.2 Å². The molecule has 0 radical (unpaired) electrons. The van der Waals surface area contributed by atoms with Gasteiger partial charge in [-0.25, -0.2) is 9.78 Å². The highest BCUT2D eigenvalue weighted by Gasteiger charge is 2.15. The van der Waals surface area contributed by atoms with Crippen molar-refractivity contribution < 1.29 is 14.3 Å². The third-order valence-corrected chi connectivity index (χ3v) is 3.95. The first-order chi connectivity index (χ1) is 11.5. The molecule has 0 aliphatic heterocycles. The number of ether oxygens (including phenoxy) is 2. The quantitative estimate of drug-likeness (QED) is 0.468. The van der Waals surface area contributed by atoms with Crippen LogP contribution in [0.25, 0.3) is 0 Å². The van der Waals surface area contributed by atoms with E-state index >= 15 is 0 Å². The number of benzene rings is 1. The Morgan fingerprint density at radius 3 is 2.88 bits per heavy atom. The molecule has 0 aliphatic carbocycles. The third-order valence-electron chi connectivity index (χ3n) is 2.90. The van der Waals surface area contributed by atoms with Crippen molar-refractivity contribution >= 4 is 28.7 Å². The molecular formula is C17H21N3O3S. The van der Waals surface area contributed by atoms with Crippen LogP contribution in [-0.2, 0) is 4.74 Å². The number of hydrazone groups is 1. The first kappa shape index (κ1) is 17.9. The minimum atomic E-state index is -0.361. The summed E-state index contributed by atoms with van der Waals surface area (Å²) in [5.41, 5.74) is 4.33. The van der Waals surface area contributed by atoms with Gasteiger partial charge in [-0.3, -0.25) is 5.43 Å². The third kappa shape index (κ3) is 4.79. The lowest BCUT2D eigenvalue weighted by Gasteiger charge is -2.11. The summed E-state index contributed by atoms with van der Waals surface area (Å²) >= 11 is 1.22. The maximum atomic E-state index is 11.8. The number of nitrogens with one attached hydrogen (secondary N) is 1. The molecule has 2 rings (SSSR count). The van der Waals surface area contributed by atoms with Gasteiger partial charge in [0.15, 0.2) is 0 Å². The first-order valence-corrected chi connectivity index (χ1v) is 8.52. The van der Waals surface area contributed by atoms with Crippen LogP contribution in [0.4, 0.5) is 5.13 Å². The van der Waals surface area contributed by atoms with Gasteiger partial charge in [0.05, 0.1) is 24.6 Å². The van der Waals surface area contributed by atoms with E-state index in [-0.39, 0.29) is 12.1 Å². The molecule has 0 saturated heterocycles. The Morgan fingerprint density at radius 1 is 1.42 bits per heavy atom. The van der Waals surface area contributed by atoms with Gasteiger partial charge in [-0.05, 0) is 39.8 Å². The fraction of sp³-hybridized carbons (Fsp3) is 0.353. The molecule has 6 nitrogen and oxygen atoms in total. The Kier molecular flexibility index (Phi) is 6.31. The van der Waals surface area contributed by atoms with Crippen molar-refractivity contribution in [1.82, 2.24) is 4.98 Å². The predicted octanol–water partition coefficient (Wildman–Crippen LogP) is 3.86. The fourth-order valence-corrected chi connectivity index (χ4v) is 2.75. The molecular weight excluding hydrogens is 326 g/mol. The number of hydrogen-bond acceptors (Lipinski definition) is 7. The van der Waals surface area contributed by atoms with Crippen molar-refractivity contribution in [3.05, 3.63) is 40.4 Å². The number of hydrogen-bond donors (Lipinski definition) is 1. The fourth-order valence-electron chi connectivity index (χ4n) is 1.94. The largest absolute Gasteiger partial charge is 0.490 e. The van der Waals surface area contributed by atoms with Gasteiger partial charge in [-0.2, -0.15) is 5.10 Å². The molecule has 0 unspecified atom stereocenters. The highest BCUT2D eigenvalue weighted by Crippen LogP contribution is 2.23. The summed E-state index contributed by atoms with van der Waals surface area (Å²) in [7, 11) is 0. The van der Waals surface area contributed by atoms with E-state index in [2.05, 4.69) is 15.5 Å². The average Bonchev–Trinajstić information content (AvgIpc) is 2.90. The molecule has 24 heavy (non-hydrogen) atoms. The summed E-state index contributed by atoms with van der Waals surface area (Å²) in [6.45, 7) is 7.82. The number of esters is 1. The number of rotatable bonds is 7. The smallest absolute Gasteiger partial charge is 0.350 e. The standard InChI is InChI=1S/C17H21N3O3S/c1-5-22-16(21)15-12(4)19-17(24-15)20-18-10-13-8-6-7-9-14(13)23-11(2)3/h6-11H,5H2,1-4H3,(H,19,20)/b18-10+. The topological polar surface area (TPSA) is 72.8 Å². The zero-order valence-electron chi connectivity index (χ0n) is 14.2. The molecule has 7 heteroatoms. The zero-order valence-corrected chi connectivity index (χ0v) is 15.0. The maximum Gasteiger partial charge on any atom is 0.350 e. The number of carbonyl (C=O) groups excluding carboxylic acids is 1. The number of anilines is 1. The molecule has 1 heterocycles. The summed E-state index contributed by atoms with van der Waals surface area (Å²) in [4.78, 5) is 16.5. The van der Waals surface area contributed by atoms with Crippen LogP contribution in [0.15, 0.2) is 29.4 Å². The number of thiazole rings is 1. The number of aromatic nitrogens is 1. The molecule has 0 atom stereocenters. The van der Waals surface area contributed by atoms with E-state index in [4.69, 9.17) is 9.47 Å². The van der Waals surface area contributed by atoms with E-state index in [1.807, 2.05) is 38.1 Å². The number of aryl methyl sites for hydroxylation is 1. The van der Waals surface area contributed by atoms with Crippen LogP contribution in [0.2, 0.25) is 0 Å². The second kappa shape index (κ2) is 8.44. The lowest BCUT2D eigenvalue weighted by atomic mass is 10.2. The predicted molar refractivity (Wildman–Crippen MR) is 96.2 cm³/mol. The van der Waals surface area contributed by atoms with Gasteiger partial charge in [0.1, 0.15) is 10.6 Å². The average molecular weight is 347 g/mol. The number of para-hydroxylation sites is 1. The summed E-state index contributed by atoms with van der Waals surface area (Å²) < 4.78 is 10.7. The lowest BCUT2D eigenvalue weighted by Crippen LogP contribution is -2.07. The summed E-state index contributed by atoms with van der Waals surface area (Å²) in [5.74, 6) is 0.404. The van der Waals surface area contributed by atoms with E-state index in [9.17, 15) is 4.79 Å². The summed E-state index contributed by atoms with van der Waals surface area (Å²) in [5, 5.41) is 4.72. The van der Waals surface area contributed by atoms with Gasteiger partial charge in [0, 0.05) is 5.56 Å². The van der Waals surface area contributed by atoms with E-state index in [0.717, 1.165) is 11.3 Å². The van der Waals surface area contributed by atoms with Crippen molar-refractivity contribution in [2.75, 3.05) is 12.0 Å². The summed E-state index contributed by atoms with van der Waals surface area (Å²) in [6.07, 6.45) is 1.75. The second-order valence-electron chi connectivity index (χ2n) is 5.23. The number of nitrogens with zero attached hydrogens (tertiary/aromatic N) is 2. The van der Waals surface area contributed by atoms with Crippen molar-refractivity contribution in [3.63, 3.8) is 0 Å². The molecule has 2 aromatic rings. The van der Waals surface area contributed by atoms with E-state index in [1.54, 1.807) is 20.1 Å². The molecule has 0 bridgehead atoms. The van der Waals surface area contributed by atoms with E-state index in [1.165, 1.54) is 11.3 Å². The molecule has 1 aromatic carbocycles. The number of carbonyl (C=O) groups is 1. The molecule has 1 aromatic heterocycles. The SMILES string of the molecule is CCOC(=O)c1sc(N/N=C/c2ccccc2OC(C)C)nc1C.